The normalized spacial score (nSPS) is 26.1. The Labute approximate surface area is 68.6 Å². The van der Waals surface area contributed by atoms with Gasteiger partial charge in [0.2, 0.25) is 0 Å². The van der Waals surface area contributed by atoms with E-state index in [1.807, 2.05) is 13.0 Å². The van der Waals surface area contributed by atoms with Gasteiger partial charge in [-0.25, -0.2) is 0 Å². The Hall–Kier alpha value is -0.340. The van der Waals surface area contributed by atoms with E-state index in [0.717, 1.165) is 19.7 Å². The van der Waals surface area contributed by atoms with Gasteiger partial charge >= 0.3 is 0 Å². The molecule has 0 amide bonds. The van der Waals surface area contributed by atoms with E-state index in [-0.39, 0.29) is 0 Å². The maximum atomic E-state index is 5.57. The van der Waals surface area contributed by atoms with Crippen molar-refractivity contribution in [3.8, 4) is 0 Å². The topological polar surface area (TPSA) is 21.3 Å². The molecular formula is C9H17NO. The quantitative estimate of drug-likeness (QED) is 0.621. The van der Waals surface area contributed by atoms with Crippen molar-refractivity contribution in [3.05, 3.63) is 12.2 Å². The summed E-state index contributed by atoms with van der Waals surface area (Å²) in [7, 11) is 0. The van der Waals surface area contributed by atoms with E-state index < -0.39 is 0 Å². The van der Waals surface area contributed by atoms with Crippen molar-refractivity contribution in [3.63, 3.8) is 0 Å². The predicted molar refractivity (Wildman–Crippen MR) is 46.7 cm³/mol. The highest BCUT2D eigenvalue weighted by Crippen LogP contribution is 2.05. The summed E-state index contributed by atoms with van der Waals surface area (Å²) in [5, 5.41) is 3.31. The van der Waals surface area contributed by atoms with Gasteiger partial charge in [0.15, 0.2) is 0 Å². The lowest BCUT2D eigenvalue weighted by Crippen LogP contribution is -2.35. The fourth-order valence-electron chi connectivity index (χ4n) is 1.25. The average molecular weight is 155 g/mol. The summed E-state index contributed by atoms with van der Waals surface area (Å²) >= 11 is 0. The molecule has 2 nitrogen and oxygen atoms in total. The van der Waals surface area contributed by atoms with Crippen LogP contribution in [0.2, 0.25) is 0 Å². The number of piperidine rings is 1. The SMILES string of the molecule is CC=CCOC1CCCNC1. The number of hydrogen-bond donors (Lipinski definition) is 1. The smallest absolute Gasteiger partial charge is 0.0704 e. The molecule has 0 radical (unpaired) electrons. The van der Waals surface area contributed by atoms with E-state index in [2.05, 4.69) is 11.4 Å². The molecule has 1 aliphatic rings. The summed E-state index contributed by atoms with van der Waals surface area (Å²) in [6.45, 7) is 4.96. The molecule has 0 saturated carbocycles. The number of allylic oxidation sites excluding steroid dienone is 1. The molecule has 1 rings (SSSR count). The van der Waals surface area contributed by atoms with Gasteiger partial charge in [-0.15, -0.1) is 0 Å². The van der Waals surface area contributed by atoms with Crippen LogP contribution in [-0.4, -0.2) is 25.8 Å². The van der Waals surface area contributed by atoms with Gasteiger partial charge in [-0.05, 0) is 26.3 Å². The molecule has 1 heterocycles. The lowest BCUT2D eigenvalue weighted by atomic mass is 10.1. The molecule has 11 heavy (non-hydrogen) atoms. The van der Waals surface area contributed by atoms with E-state index in [1.165, 1.54) is 12.8 Å². The Balaban J connectivity index is 2.04. The maximum Gasteiger partial charge on any atom is 0.0704 e. The minimum absolute atomic E-state index is 0.444. The molecular weight excluding hydrogens is 138 g/mol. The van der Waals surface area contributed by atoms with Crippen molar-refractivity contribution in [2.24, 2.45) is 0 Å². The molecule has 0 bridgehead atoms. The molecule has 1 saturated heterocycles. The Kier molecular flexibility index (Phi) is 4.24. The van der Waals surface area contributed by atoms with Crippen LogP contribution in [0, 0.1) is 0 Å². The van der Waals surface area contributed by atoms with E-state index >= 15 is 0 Å². The van der Waals surface area contributed by atoms with Crippen molar-refractivity contribution < 1.29 is 4.74 Å². The van der Waals surface area contributed by atoms with E-state index in [0.29, 0.717) is 6.10 Å². The van der Waals surface area contributed by atoms with E-state index in [4.69, 9.17) is 4.74 Å². The summed E-state index contributed by atoms with van der Waals surface area (Å²) < 4.78 is 5.57. The minimum atomic E-state index is 0.444. The summed E-state index contributed by atoms with van der Waals surface area (Å²) in [5.74, 6) is 0. The van der Waals surface area contributed by atoms with Gasteiger partial charge in [0.1, 0.15) is 0 Å². The Morgan fingerprint density at radius 2 is 2.55 bits per heavy atom. The first-order valence-corrected chi connectivity index (χ1v) is 4.37. The van der Waals surface area contributed by atoms with Gasteiger partial charge in [0.05, 0.1) is 12.7 Å². The minimum Gasteiger partial charge on any atom is -0.373 e. The maximum absolute atomic E-state index is 5.57. The summed E-state index contributed by atoms with van der Waals surface area (Å²) in [5.41, 5.74) is 0. The summed E-state index contributed by atoms with van der Waals surface area (Å²) in [6.07, 6.45) is 6.98. The van der Waals surface area contributed by atoms with Crippen LogP contribution in [0.25, 0.3) is 0 Å². The van der Waals surface area contributed by atoms with Gasteiger partial charge < -0.3 is 10.1 Å². The highest BCUT2D eigenvalue weighted by atomic mass is 16.5. The van der Waals surface area contributed by atoms with Crippen LogP contribution < -0.4 is 5.32 Å². The van der Waals surface area contributed by atoms with Gasteiger partial charge in [-0.2, -0.15) is 0 Å². The highest BCUT2D eigenvalue weighted by Gasteiger charge is 2.11. The van der Waals surface area contributed by atoms with Crippen molar-refractivity contribution in [1.82, 2.24) is 5.32 Å². The standard InChI is InChI=1S/C9H17NO/c1-2-3-7-11-9-5-4-6-10-8-9/h2-3,9-10H,4-8H2,1H3. The van der Waals surface area contributed by atoms with Gasteiger partial charge in [-0.3, -0.25) is 0 Å². The van der Waals surface area contributed by atoms with Crippen molar-refractivity contribution >= 4 is 0 Å². The van der Waals surface area contributed by atoms with Crippen LogP contribution in [-0.2, 0) is 4.74 Å². The van der Waals surface area contributed by atoms with Crippen molar-refractivity contribution in [1.29, 1.82) is 0 Å². The molecule has 1 unspecified atom stereocenters. The molecule has 0 aromatic heterocycles. The lowest BCUT2D eigenvalue weighted by Gasteiger charge is -2.22. The number of ether oxygens (including phenoxy) is 1. The van der Waals surface area contributed by atoms with Crippen LogP contribution in [0.1, 0.15) is 19.8 Å². The second-order valence-corrected chi connectivity index (χ2v) is 2.87. The Morgan fingerprint density at radius 3 is 3.18 bits per heavy atom. The van der Waals surface area contributed by atoms with Crippen LogP contribution >= 0.6 is 0 Å². The lowest BCUT2D eigenvalue weighted by molar-refractivity contribution is 0.0558. The first-order chi connectivity index (χ1) is 5.43. The third kappa shape index (κ3) is 3.54. The van der Waals surface area contributed by atoms with E-state index in [9.17, 15) is 0 Å². The summed E-state index contributed by atoms with van der Waals surface area (Å²) in [4.78, 5) is 0. The third-order valence-corrected chi connectivity index (χ3v) is 1.92. The van der Waals surface area contributed by atoms with Crippen LogP contribution in [0.5, 0.6) is 0 Å². The Bertz CT molecular complexity index is 117. The largest absolute Gasteiger partial charge is 0.373 e. The second-order valence-electron chi connectivity index (χ2n) is 2.87. The van der Waals surface area contributed by atoms with Gasteiger partial charge in [0, 0.05) is 6.54 Å². The zero-order valence-corrected chi connectivity index (χ0v) is 7.18. The molecule has 1 aliphatic heterocycles. The van der Waals surface area contributed by atoms with Gasteiger partial charge in [0.25, 0.3) is 0 Å². The summed E-state index contributed by atoms with van der Waals surface area (Å²) in [6, 6.07) is 0. The first-order valence-electron chi connectivity index (χ1n) is 4.37. The van der Waals surface area contributed by atoms with Crippen molar-refractivity contribution in [2.45, 2.75) is 25.9 Å². The molecule has 0 aromatic rings. The number of nitrogens with one attached hydrogen (secondary N) is 1. The molecule has 1 N–H and O–H groups in total. The Morgan fingerprint density at radius 1 is 1.64 bits per heavy atom. The highest BCUT2D eigenvalue weighted by molar-refractivity contribution is 4.78. The van der Waals surface area contributed by atoms with E-state index in [1.54, 1.807) is 0 Å². The zero-order valence-electron chi connectivity index (χ0n) is 7.18. The number of rotatable bonds is 3. The monoisotopic (exact) mass is 155 g/mol. The third-order valence-electron chi connectivity index (χ3n) is 1.92. The van der Waals surface area contributed by atoms with Crippen molar-refractivity contribution in [2.75, 3.05) is 19.7 Å². The second kappa shape index (κ2) is 5.33. The number of hydrogen-bond acceptors (Lipinski definition) is 2. The molecule has 1 fully saturated rings. The first kappa shape index (κ1) is 8.75. The fraction of sp³-hybridized carbons (Fsp3) is 0.778. The van der Waals surface area contributed by atoms with Crippen LogP contribution in [0.15, 0.2) is 12.2 Å². The molecule has 64 valence electrons. The predicted octanol–water partition coefficient (Wildman–Crippen LogP) is 1.33. The van der Waals surface area contributed by atoms with Gasteiger partial charge in [-0.1, -0.05) is 12.2 Å². The molecule has 0 aromatic carbocycles. The molecule has 0 aliphatic carbocycles. The molecule has 2 heteroatoms. The molecule has 1 atom stereocenters. The average Bonchev–Trinajstić information content (AvgIpc) is 2.07. The fourth-order valence-corrected chi connectivity index (χ4v) is 1.25. The van der Waals surface area contributed by atoms with Crippen LogP contribution in [0.4, 0.5) is 0 Å². The molecule has 0 spiro atoms. The zero-order chi connectivity index (χ0) is 7.94. The van der Waals surface area contributed by atoms with Crippen LogP contribution in [0.3, 0.4) is 0 Å².